The molecule has 2 aromatic rings. The standard InChI is InChI=1S/C11H10N2S/c1-3-9(7-12-5-1)11-10-4-2-6-13(10)8-14-11/h1-7,11H,8H2. The van der Waals surface area contributed by atoms with Crippen LogP contribution in [-0.4, -0.2) is 9.55 Å². The number of hydrogen-bond donors (Lipinski definition) is 0. The average molecular weight is 202 g/mol. The molecule has 1 aliphatic heterocycles. The molecule has 1 unspecified atom stereocenters. The highest BCUT2D eigenvalue weighted by atomic mass is 32.2. The van der Waals surface area contributed by atoms with Crippen molar-refractivity contribution in [3.63, 3.8) is 0 Å². The second-order valence-electron chi connectivity index (χ2n) is 3.37. The van der Waals surface area contributed by atoms with E-state index in [-0.39, 0.29) is 0 Å². The summed E-state index contributed by atoms with van der Waals surface area (Å²) in [5, 5.41) is 0.471. The molecule has 0 saturated heterocycles. The second-order valence-corrected chi connectivity index (χ2v) is 4.43. The Morgan fingerprint density at radius 1 is 1.36 bits per heavy atom. The Balaban J connectivity index is 2.03. The van der Waals surface area contributed by atoms with Gasteiger partial charge in [-0.1, -0.05) is 6.07 Å². The average Bonchev–Trinajstić information content (AvgIpc) is 2.79. The van der Waals surface area contributed by atoms with E-state index in [1.807, 2.05) is 30.2 Å². The van der Waals surface area contributed by atoms with Crippen molar-refractivity contribution in [2.45, 2.75) is 11.1 Å². The van der Waals surface area contributed by atoms with Gasteiger partial charge in [0, 0.05) is 24.3 Å². The molecule has 70 valence electrons. The molecule has 0 aliphatic carbocycles. The van der Waals surface area contributed by atoms with Crippen LogP contribution in [0.1, 0.15) is 16.5 Å². The van der Waals surface area contributed by atoms with E-state index < -0.39 is 0 Å². The van der Waals surface area contributed by atoms with Crippen molar-refractivity contribution in [3.8, 4) is 0 Å². The number of fused-ring (bicyclic) bond motifs is 1. The number of thioether (sulfide) groups is 1. The van der Waals surface area contributed by atoms with Gasteiger partial charge in [0.1, 0.15) is 0 Å². The molecule has 0 fully saturated rings. The Kier molecular flexibility index (Phi) is 1.84. The zero-order valence-corrected chi connectivity index (χ0v) is 8.45. The van der Waals surface area contributed by atoms with Gasteiger partial charge in [-0.25, -0.2) is 0 Å². The number of rotatable bonds is 1. The SMILES string of the molecule is c1cncc(C2SCn3cccc32)c1. The third-order valence-corrected chi connectivity index (χ3v) is 3.77. The Morgan fingerprint density at radius 3 is 3.21 bits per heavy atom. The fourth-order valence-corrected chi connectivity index (χ4v) is 3.08. The summed E-state index contributed by atoms with van der Waals surface area (Å²) in [6, 6.07) is 8.45. The molecule has 0 radical (unpaired) electrons. The van der Waals surface area contributed by atoms with Crippen LogP contribution in [0.25, 0.3) is 0 Å². The number of aromatic nitrogens is 2. The maximum Gasteiger partial charge on any atom is 0.0732 e. The largest absolute Gasteiger partial charge is 0.340 e. The van der Waals surface area contributed by atoms with Crippen LogP contribution in [0.2, 0.25) is 0 Å². The third kappa shape index (κ3) is 1.16. The minimum Gasteiger partial charge on any atom is -0.340 e. The van der Waals surface area contributed by atoms with Crippen LogP contribution in [0.15, 0.2) is 42.9 Å². The van der Waals surface area contributed by atoms with Gasteiger partial charge < -0.3 is 4.57 Å². The van der Waals surface area contributed by atoms with Gasteiger partial charge in [-0.05, 0) is 23.8 Å². The molecule has 3 heterocycles. The van der Waals surface area contributed by atoms with Gasteiger partial charge in [-0.2, -0.15) is 0 Å². The lowest BCUT2D eigenvalue weighted by molar-refractivity contribution is 0.869. The second kappa shape index (κ2) is 3.17. The van der Waals surface area contributed by atoms with E-state index in [2.05, 4.69) is 33.9 Å². The molecular formula is C11H10N2S. The Labute approximate surface area is 87.0 Å². The quantitative estimate of drug-likeness (QED) is 0.707. The number of hydrogen-bond acceptors (Lipinski definition) is 2. The molecule has 14 heavy (non-hydrogen) atoms. The van der Waals surface area contributed by atoms with Gasteiger partial charge in [-0.15, -0.1) is 11.8 Å². The molecule has 2 nitrogen and oxygen atoms in total. The van der Waals surface area contributed by atoms with Crippen molar-refractivity contribution in [1.29, 1.82) is 0 Å². The fraction of sp³-hybridized carbons (Fsp3) is 0.182. The summed E-state index contributed by atoms with van der Waals surface area (Å²) in [5.41, 5.74) is 2.69. The number of pyridine rings is 1. The van der Waals surface area contributed by atoms with E-state index in [1.54, 1.807) is 0 Å². The van der Waals surface area contributed by atoms with Crippen LogP contribution in [0.3, 0.4) is 0 Å². The molecule has 0 N–H and O–H groups in total. The first-order chi connectivity index (χ1) is 6.95. The van der Waals surface area contributed by atoms with Gasteiger partial charge in [0.15, 0.2) is 0 Å². The molecule has 1 atom stereocenters. The highest BCUT2D eigenvalue weighted by Crippen LogP contribution is 2.41. The fourth-order valence-electron chi connectivity index (χ4n) is 1.82. The summed E-state index contributed by atoms with van der Waals surface area (Å²) >= 11 is 1.95. The maximum absolute atomic E-state index is 4.16. The lowest BCUT2D eigenvalue weighted by Crippen LogP contribution is -1.94. The predicted octanol–water partition coefficient (Wildman–Crippen LogP) is 2.68. The van der Waals surface area contributed by atoms with E-state index in [4.69, 9.17) is 0 Å². The van der Waals surface area contributed by atoms with Crippen molar-refractivity contribution in [2.75, 3.05) is 0 Å². The molecule has 0 amide bonds. The molecule has 0 aromatic carbocycles. The molecule has 1 aliphatic rings. The van der Waals surface area contributed by atoms with Crippen LogP contribution in [0.4, 0.5) is 0 Å². The van der Waals surface area contributed by atoms with E-state index in [9.17, 15) is 0 Å². The first kappa shape index (κ1) is 8.12. The summed E-state index contributed by atoms with van der Waals surface area (Å²) in [5.74, 6) is 1.06. The smallest absolute Gasteiger partial charge is 0.0732 e. The van der Waals surface area contributed by atoms with Crippen molar-refractivity contribution in [2.24, 2.45) is 0 Å². The highest BCUT2D eigenvalue weighted by molar-refractivity contribution is 7.99. The Bertz CT molecular complexity index is 436. The third-order valence-electron chi connectivity index (χ3n) is 2.50. The van der Waals surface area contributed by atoms with Gasteiger partial charge in [0.25, 0.3) is 0 Å². The molecule has 0 saturated carbocycles. The van der Waals surface area contributed by atoms with E-state index in [0.717, 1.165) is 5.88 Å². The summed E-state index contributed by atoms with van der Waals surface area (Å²) in [4.78, 5) is 4.16. The topological polar surface area (TPSA) is 17.8 Å². The van der Waals surface area contributed by atoms with E-state index >= 15 is 0 Å². The van der Waals surface area contributed by atoms with E-state index in [0.29, 0.717) is 5.25 Å². The van der Waals surface area contributed by atoms with Crippen LogP contribution in [0, 0.1) is 0 Å². The molecule has 2 aromatic heterocycles. The van der Waals surface area contributed by atoms with Crippen molar-refractivity contribution < 1.29 is 0 Å². The molecule has 0 spiro atoms. The first-order valence-electron chi connectivity index (χ1n) is 4.62. The summed E-state index contributed by atoms with van der Waals surface area (Å²) in [6.45, 7) is 0. The van der Waals surface area contributed by atoms with Crippen molar-refractivity contribution in [1.82, 2.24) is 9.55 Å². The maximum atomic E-state index is 4.16. The number of nitrogens with zero attached hydrogens (tertiary/aromatic N) is 2. The van der Waals surface area contributed by atoms with E-state index in [1.165, 1.54) is 11.3 Å². The Morgan fingerprint density at radius 2 is 2.36 bits per heavy atom. The summed E-state index contributed by atoms with van der Waals surface area (Å²) < 4.78 is 2.29. The lowest BCUT2D eigenvalue weighted by Gasteiger charge is -2.07. The first-order valence-corrected chi connectivity index (χ1v) is 5.66. The van der Waals surface area contributed by atoms with Gasteiger partial charge in [-0.3, -0.25) is 4.98 Å². The summed E-state index contributed by atoms with van der Waals surface area (Å²) in [6.07, 6.45) is 5.92. The lowest BCUT2D eigenvalue weighted by atomic mass is 10.1. The minimum atomic E-state index is 0.471. The Hall–Kier alpha value is -1.22. The zero-order valence-electron chi connectivity index (χ0n) is 7.63. The van der Waals surface area contributed by atoms with Crippen LogP contribution >= 0.6 is 11.8 Å². The van der Waals surface area contributed by atoms with Gasteiger partial charge in [0.2, 0.25) is 0 Å². The molecule has 0 bridgehead atoms. The molecule has 3 rings (SSSR count). The predicted molar refractivity (Wildman–Crippen MR) is 58.1 cm³/mol. The van der Waals surface area contributed by atoms with Crippen LogP contribution < -0.4 is 0 Å². The summed E-state index contributed by atoms with van der Waals surface area (Å²) in [7, 11) is 0. The van der Waals surface area contributed by atoms with Crippen molar-refractivity contribution >= 4 is 11.8 Å². The monoisotopic (exact) mass is 202 g/mol. The minimum absolute atomic E-state index is 0.471. The van der Waals surface area contributed by atoms with Crippen LogP contribution in [0.5, 0.6) is 0 Å². The molecular weight excluding hydrogens is 192 g/mol. The van der Waals surface area contributed by atoms with Gasteiger partial charge in [0.05, 0.1) is 11.1 Å². The van der Waals surface area contributed by atoms with Crippen LogP contribution in [-0.2, 0) is 5.88 Å². The van der Waals surface area contributed by atoms with Gasteiger partial charge >= 0.3 is 0 Å². The van der Waals surface area contributed by atoms with Crippen molar-refractivity contribution in [3.05, 3.63) is 54.1 Å². The zero-order chi connectivity index (χ0) is 9.38. The highest BCUT2D eigenvalue weighted by Gasteiger charge is 2.23. The normalized spacial score (nSPS) is 19.6. The molecule has 3 heteroatoms.